The number of hydrogen-bond donors (Lipinski definition) is 27. The third-order valence-corrected chi connectivity index (χ3v) is 19.9. The van der Waals surface area contributed by atoms with Crippen molar-refractivity contribution < 1.29 is 217 Å². The Morgan fingerprint density at radius 1 is 0.262 bits per heavy atom. The monoisotopic (exact) mass is 1570 g/mol. The molecule has 9 aliphatic heterocycles. The second-order valence-electron chi connectivity index (χ2n) is 27.4. The van der Waals surface area contributed by atoms with Crippen LogP contribution in [0.5, 0.6) is 0 Å². The molecule has 620 valence electrons. The van der Waals surface area contributed by atoms with Crippen LogP contribution in [0.4, 0.5) is 0 Å². The molecule has 0 aromatic carbocycles. The SMILES string of the molecule is CC(=O)N[C@@H]1[C@@H](O[C@@H]2O[C@H](CO)[C@@H](O[C@@H]3O[C@H](CO)[C@H](O)[C@H](O[C@H]4O[C@H](CO)[C@H](O)[C@H](O)[C@H]4O)[C@H]3O[C@@H]3O[C@@H](C)[C@@H](O)[C@@H](O)[C@@H]3O)[C@H](O)[C@H]2NC(C)=O)[C@@H](O)[C@@H](CO[C@@H]2O[C@H](CO)[C@@H](O[C@@H]3O[C@H](CO)[C@H](O)[C@H](O[C@H]4O[C@H](CO)[C@H](O)[C@H](O)[C@H]4O)[C@H]3O[C@@H]3O[C@@H](C)[C@@H](O)[C@@H](O)[C@@H]3O)[C@H](O)[C@H]2NC(C)=O)O[C@@H]1O. The summed E-state index contributed by atoms with van der Waals surface area (Å²) in [5, 5.41) is 271. The molecular weight excluding hydrogens is 1470 g/mol. The summed E-state index contributed by atoms with van der Waals surface area (Å²) in [6.45, 7) is -2.03. The van der Waals surface area contributed by atoms with E-state index in [0.717, 1.165) is 20.8 Å². The lowest BCUT2D eigenvalue weighted by Crippen LogP contribution is -2.71. The third kappa shape index (κ3) is 19.1. The minimum absolute atomic E-state index is 0.896. The first-order valence-electron chi connectivity index (χ1n) is 34.4. The maximum Gasteiger partial charge on any atom is 0.217 e. The Kier molecular flexibility index (Phi) is 31.0. The van der Waals surface area contributed by atoms with Crippen molar-refractivity contribution in [1.29, 1.82) is 0 Å². The number of carbonyl (C=O) groups excluding carboxylic acids is 3. The molecule has 27 N–H and O–H groups in total. The van der Waals surface area contributed by atoms with Gasteiger partial charge in [-0.15, -0.1) is 0 Å². The molecule has 0 radical (unpaired) electrons. The minimum atomic E-state index is -2.24. The lowest BCUT2D eigenvalue weighted by Gasteiger charge is -2.51. The maximum atomic E-state index is 13.1. The number of carbonyl (C=O) groups is 3. The number of amides is 3. The molecule has 0 aromatic rings. The van der Waals surface area contributed by atoms with Gasteiger partial charge >= 0.3 is 0 Å². The average molecular weight is 1570 g/mol. The van der Waals surface area contributed by atoms with Crippen molar-refractivity contribution in [3.05, 3.63) is 0 Å². The van der Waals surface area contributed by atoms with Crippen LogP contribution in [0.15, 0.2) is 0 Å². The summed E-state index contributed by atoms with van der Waals surface area (Å²) < 4.78 is 101. The molecule has 3 amide bonds. The van der Waals surface area contributed by atoms with Crippen LogP contribution in [0.25, 0.3) is 0 Å². The van der Waals surface area contributed by atoms with E-state index in [1.165, 1.54) is 13.8 Å². The van der Waals surface area contributed by atoms with E-state index in [2.05, 4.69) is 16.0 Å². The van der Waals surface area contributed by atoms with Crippen LogP contribution in [0.3, 0.4) is 0 Å². The Balaban J connectivity index is 0.965. The minimum Gasteiger partial charge on any atom is -0.394 e. The summed E-state index contributed by atoms with van der Waals surface area (Å²) in [6.07, 6.45) is -83.3. The number of nitrogens with one attached hydrogen (secondary N) is 3. The Hall–Kier alpha value is -3.23. The first kappa shape index (κ1) is 87.7. The van der Waals surface area contributed by atoms with Crippen LogP contribution in [0, 0.1) is 0 Å². The van der Waals surface area contributed by atoms with Gasteiger partial charge in [-0.1, -0.05) is 0 Å². The second kappa shape index (κ2) is 37.8. The first-order valence-corrected chi connectivity index (χ1v) is 34.4. The predicted octanol–water partition coefficient (Wildman–Crippen LogP) is -18.1. The quantitative estimate of drug-likeness (QED) is 0.0382. The first-order chi connectivity index (χ1) is 50.5. The van der Waals surface area contributed by atoms with Crippen molar-refractivity contribution in [2.75, 3.05) is 46.2 Å². The summed E-state index contributed by atoms with van der Waals surface area (Å²) in [5.74, 6) is -2.75. The van der Waals surface area contributed by atoms with E-state index in [1.54, 1.807) is 0 Å². The summed E-state index contributed by atoms with van der Waals surface area (Å²) in [4.78, 5) is 38.9. The number of hydrogen-bond acceptors (Lipinski definition) is 44. The Morgan fingerprint density at radius 3 is 0.916 bits per heavy atom. The van der Waals surface area contributed by atoms with Gasteiger partial charge in [-0.2, -0.15) is 0 Å². The van der Waals surface area contributed by atoms with Crippen LogP contribution in [0.2, 0.25) is 0 Å². The Morgan fingerprint density at radius 2 is 0.542 bits per heavy atom. The largest absolute Gasteiger partial charge is 0.394 e. The van der Waals surface area contributed by atoms with E-state index in [4.69, 9.17) is 80.5 Å². The molecular formula is C60H101N3O44. The van der Waals surface area contributed by atoms with Gasteiger partial charge in [0.05, 0.1) is 58.5 Å². The van der Waals surface area contributed by atoms with E-state index in [-0.39, 0.29) is 0 Å². The Labute approximate surface area is 606 Å². The molecule has 9 saturated heterocycles. The van der Waals surface area contributed by atoms with Crippen LogP contribution in [0.1, 0.15) is 34.6 Å². The van der Waals surface area contributed by atoms with Gasteiger partial charge in [0.25, 0.3) is 0 Å². The highest BCUT2D eigenvalue weighted by molar-refractivity contribution is 5.74. The molecule has 107 heavy (non-hydrogen) atoms. The molecule has 0 spiro atoms. The molecule has 45 atom stereocenters. The van der Waals surface area contributed by atoms with Crippen molar-refractivity contribution in [2.24, 2.45) is 0 Å². The van der Waals surface area contributed by atoms with Crippen molar-refractivity contribution >= 4 is 17.7 Å². The summed E-state index contributed by atoms with van der Waals surface area (Å²) >= 11 is 0. The standard InChI is InChI=1S/C60H101N3O44/c1-13-28(73)37(82)41(86)55(92-13)106-50-48(104-57-43(88)39(84)30(75)18(6-64)95-57)32(77)20(8-66)97-59(50)101-45-22(10-68)99-53(25(35(45)80)61-15(3)70)91-12-24-34(79)47(27(52(90)94-24)63-17(5)72)103-54-26(62-16(4)71)36(81)46(23(11-69)100-54)102-60-51(107-56-42(87)38(83)29(74)14(2)93-56)49(33(78)21(9-67)98-60)105-58-44(89)40(85)31(76)19(7-65)96-58/h13-14,18-60,64-69,73-90H,6-12H2,1-5H3,(H,61,70)(H,62,71)(H,63,72)/t13-,14-,18+,19+,20+,21+,22+,23+,24+,25+,26+,27+,28+,29+,30-,31-,32-,33-,34-,35+,36+,37+,38+,39-,40-,41-,42-,43+,44+,45+,46+,47+,48-,49-,50+,51+,52-,53+,54-,55-,56-,57+,58+,59-,60-/m0/s1. The van der Waals surface area contributed by atoms with Gasteiger partial charge in [-0.05, 0) is 13.8 Å². The van der Waals surface area contributed by atoms with Gasteiger partial charge in [-0.25, -0.2) is 0 Å². The molecule has 9 fully saturated rings. The summed E-state index contributed by atoms with van der Waals surface area (Å²) in [7, 11) is 0. The predicted molar refractivity (Wildman–Crippen MR) is 329 cm³/mol. The van der Waals surface area contributed by atoms with Crippen LogP contribution in [-0.4, -0.2) is 463 Å². The fourth-order valence-corrected chi connectivity index (χ4v) is 13.9. The molecule has 9 heterocycles. The zero-order chi connectivity index (χ0) is 78.8. The Bertz CT molecular complexity index is 2800. The van der Waals surface area contributed by atoms with Crippen molar-refractivity contribution in [3.63, 3.8) is 0 Å². The molecule has 47 heteroatoms. The van der Waals surface area contributed by atoms with Gasteiger partial charge in [-0.3, -0.25) is 14.4 Å². The molecule has 9 rings (SSSR count). The van der Waals surface area contributed by atoms with E-state index in [1.807, 2.05) is 0 Å². The zero-order valence-corrected chi connectivity index (χ0v) is 57.8. The van der Waals surface area contributed by atoms with E-state index in [9.17, 15) is 137 Å². The van der Waals surface area contributed by atoms with Crippen molar-refractivity contribution in [2.45, 2.75) is 311 Å². The molecule has 0 aromatic heterocycles. The van der Waals surface area contributed by atoms with Crippen molar-refractivity contribution in [3.8, 4) is 0 Å². The lowest BCUT2D eigenvalue weighted by molar-refractivity contribution is -0.404. The molecule has 0 saturated carbocycles. The van der Waals surface area contributed by atoms with Crippen LogP contribution in [-0.2, 0) is 94.9 Å². The molecule has 0 bridgehead atoms. The lowest BCUT2D eigenvalue weighted by atomic mass is 9.93. The highest BCUT2D eigenvalue weighted by Gasteiger charge is 2.61. The summed E-state index contributed by atoms with van der Waals surface area (Å²) in [6, 6.07) is -5.65. The number of rotatable bonds is 26. The number of aliphatic hydroxyl groups is 24. The number of ether oxygens (including phenoxy) is 17. The number of aliphatic hydroxyl groups excluding tert-OH is 24. The van der Waals surface area contributed by atoms with Gasteiger partial charge in [0.2, 0.25) is 17.7 Å². The smallest absolute Gasteiger partial charge is 0.217 e. The molecule has 0 unspecified atom stereocenters. The third-order valence-electron chi connectivity index (χ3n) is 19.9. The van der Waals surface area contributed by atoms with E-state index < -0.39 is 340 Å². The maximum absolute atomic E-state index is 13.1. The van der Waals surface area contributed by atoms with E-state index in [0.29, 0.717) is 0 Å². The normalized spacial score (nSPS) is 50.7. The molecule has 47 nitrogen and oxygen atoms in total. The zero-order valence-electron chi connectivity index (χ0n) is 57.8. The van der Waals surface area contributed by atoms with Gasteiger partial charge < -0.3 is 219 Å². The molecule has 9 aliphatic rings. The highest BCUT2D eigenvalue weighted by Crippen LogP contribution is 2.41. The van der Waals surface area contributed by atoms with E-state index >= 15 is 0 Å². The topological polar surface area (TPSA) is 730 Å². The van der Waals surface area contributed by atoms with Crippen LogP contribution < -0.4 is 16.0 Å². The fourth-order valence-electron chi connectivity index (χ4n) is 13.9. The molecule has 0 aliphatic carbocycles. The van der Waals surface area contributed by atoms with Gasteiger partial charge in [0.15, 0.2) is 56.6 Å². The van der Waals surface area contributed by atoms with Crippen molar-refractivity contribution in [1.82, 2.24) is 16.0 Å². The highest BCUT2D eigenvalue weighted by atomic mass is 16.8. The van der Waals surface area contributed by atoms with Crippen LogP contribution >= 0.6 is 0 Å². The summed E-state index contributed by atoms with van der Waals surface area (Å²) in [5.41, 5.74) is 0. The van der Waals surface area contributed by atoms with Gasteiger partial charge in [0, 0.05) is 20.8 Å². The second-order valence-corrected chi connectivity index (χ2v) is 27.4. The average Bonchev–Trinajstić information content (AvgIpc) is 0.769. The fraction of sp³-hybridized carbons (Fsp3) is 0.950. The van der Waals surface area contributed by atoms with Gasteiger partial charge in [0.1, 0.15) is 207 Å².